The minimum absolute atomic E-state index is 0.221. The Balaban J connectivity index is 2.56. The van der Waals surface area contributed by atoms with E-state index in [2.05, 4.69) is 0 Å². The summed E-state index contributed by atoms with van der Waals surface area (Å²) in [6, 6.07) is 14.6. The van der Waals surface area contributed by atoms with Crippen molar-refractivity contribution in [2.75, 3.05) is 3.71 Å². The molecule has 2 aromatic rings. The van der Waals surface area contributed by atoms with Gasteiger partial charge in [-0.2, -0.15) is 16.8 Å². The molecule has 7 nitrogen and oxygen atoms in total. The van der Waals surface area contributed by atoms with Crippen LogP contribution in [-0.2, 0) is 27.0 Å². The maximum Gasteiger partial charge on any atom is 0.375 e. The van der Waals surface area contributed by atoms with Gasteiger partial charge in [-0.3, -0.25) is 9.11 Å². The molecule has 0 saturated heterocycles. The molecule has 118 valence electrons. The Morgan fingerprint density at radius 1 is 0.773 bits per heavy atom. The highest BCUT2D eigenvalue weighted by Crippen LogP contribution is 2.27. The fourth-order valence-corrected chi connectivity index (χ4v) is 3.83. The lowest BCUT2D eigenvalue weighted by Crippen LogP contribution is -2.36. The SMILES string of the molecule is O=S(=O)(O)N(c1ccccc1Cc1ccccc1)S(=O)(=O)O. The van der Waals surface area contributed by atoms with E-state index >= 15 is 0 Å². The Kier molecular flexibility index (Phi) is 4.52. The van der Waals surface area contributed by atoms with Gasteiger partial charge in [0.05, 0.1) is 5.69 Å². The lowest BCUT2D eigenvalue weighted by molar-refractivity contribution is 0.466. The zero-order valence-electron chi connectivity index (χ0n) is 11.2. The lowest BCUT2D eigenvalue weighted by Gasteiger charge is -2.19. The van der Waals surface area contributed by atoms with Crippen molar-refractivity contribution in [2.45, 2.75) is 6.42 Å². The summed E-state index contributed by atoms with van der Waals surface area (Å²) in [5, 5.41) is 0. The summed E-state index contributed by atoms with van der Waals surface area (Å²) in [5.41, 5.74) is 0.779. The third-order valence-corrected chi connectivity index (χ3v) is 5.21. The quantitative estimate of drug-likeness (QED) is 0.799. The molecule has 2 N–H and O–H groups in total. The Bertz CT molecular complexity index is 830. The van der Waals surface area contributed by atoms with Gasteiger partial charge in [0.1, 0.15) is 0 Å². The van der Waals surface area contributed by atoms with Crippen LogP contribution in [0.1, 0.15) is 11.1 Å². The van der Waals surface area contributed by atoms with E-state index in [0.717, 1.165) is 5.56 Å². The highest BCUT2D eigenvalue weighted by molar-refractivity contribution is 8.05. The fraction of sp³-hybridized carbons (Fsp3) is 0.0769. The summed E-state index contributed by atoms with van der Waals surface area (Å²) < 4.78 is 63.1. The van der Waals surface area contributed by atoms with Crippen molar-refractivity contribution in [2.24, 2.45) is 0 Å². The predicted molar refractivity (Wildman–Crippen MR) is 81.3 cm³/mol. The van der Waals surface area contributed by atoms with E-state index in [1.165, 1.54) is 18.2 Å². The lowest BCUT2D eigenvalue weighted by atomic mass is 10.0. The predicted octanol–water partition coefficient (Wildman–Crippen LogP) is 1.69. The molecule has 9 heteroatoms. The van der Waals surface area contributed by atoms with Crippen LogP contribution in [0.25, 0.3) is 0 Å². The second kappa shape index (κ2) is 6.05. The molecule has 0 aromatic heterocycles. The highest BCUT2D eigenvalue weighted by Gasteiger charge is 2.33. The van der Waals surface area contributed by atoms with Gasteiger partial charge >= 0.3 is 20.6 Å². The largest absolute Gasteiger partial charge is 0.375 e. The first-order valence-electron chi connectivity index (χ1n) is 6.07. The van der Waals surface area contributed by atoms with Crippen LogP contribution in [0.3, 0.4) is 0 Å². The summed E-state index contributed by atoms with van der Waals surface area (Å²) in [6.07, 6.45) is 0.221. The van der Waals surface area contributed by atoms with Crippen LogP contribution < -0.4 is 3.71 Å². The minimum Gasteiger partial charge on any atom is -0.268 e. The Morgan fingerprint density at radius 3 is 1.82 bits per heavy atom. The molecule has 0 bridgehead atoms. The zero-order chi connectivity index (χ0) is 16.4. The van der Waals surface area contributed by atoms with Crippen LogP contribution in [0.2, 0.25) is 0 Å². The van der Waals surface area contributed by atoms with Crippen LogP contribution >= 0.6 is 0 Å². The van der Waals surface area contributed by atoms with Crippen molar-refractivity contribution in [1.29, 1.82) is 0 Å². The molecule has 0 saturated carbocycles. The third kappa shape index (κ3) is 3.83. The van der Waals surface area contributed by atoms with Crippen LogP contribution in [0.5, 0.6) is 0 Å². The normalized spacial score (nSPS) is 12.1. The van der Waals surface area contributed by atoms with Crippen molar-refractivity contribution in [1.82, 2.24) is 0 Å². The molecule has 0 radical (unpaired) electrons. The third-order valence-electron chi connectivity index (χ3n) is 2.84. The van der Waals surface area contributed by atoms with E-state index in [9.17, 15) is 16.8 Å². The van der Waals surface area contributed by atoms with E-state index < -0.39 is 24.3 Å². The number of nitrogens with zero attached hydrogens (tertiary/aromatic N) is 1. The summed E-state index contributed by atoms with van der Waals surface area (Å²) in [5.74, 6) is 0. The van der Waals surface area contributed by atoms with E-state index in [4.69, 9.17) is 9.11 Å². The molecule has 0 heterocycles. The van der Waals surface area contributed by atoms with Gasteiger partial charge in [-0.15, -0.1) is 3.71 Å². The molecule has 0 spiro atoms. The molecular formula is C13H13NO6S2. The second-order valence-electron chi connectivity index (χ2n) is 4.44. The number of benzene rings is 2. The van der Waals surface area contributed by atoms with Gasteiger partial charge < -0.3 is 0 Å². The van der Waals surface area contributed by atoms with Gasteiger partial charge in [0.2, 0.25) is 0 Å². The zero-order valence-corrected chi connectivity index (χ0v) is 12.8. The first-order chi connectivity index (χ1) is 10.2. The fourth-order valence-electron chi connectivity index (χ4n) is 2.02. The molecule has 0 aliphatic rings. The van der Waals surface area contributed by atoms with Gasteiger partial charge in [0.25, 0.3) is 0 Å². The smallest absolute Gasteiger partial charge is 0.268 e. The van der Waals surface area contributed by atoms with Crippen LogP contribution in [0.4, 0.5) is 5.69 Å². The Morgan fingerprint density at radius 2 is 1.27 bits per heavy atom. The second-order valence-corrected chi connectivity index (χ2v) is 7.20. The number of rotatable bonds is 5. The minimum atomic E-state index is -5.20. The molecule has 0 unspecified atom stereocenters. The van der Waals surface area contributed by atoms with Gasteiger partial charge in [0, 0.05) is 0 Å². The number of para-hydroxylation sites is 1. The van der Waals surface area contributed by atoms with Gasteiger partial charge in [0.15, 0.2) is 0 Å². The Hall–Kier alpha value is -1.94. The maximum absolute atomic E-state index is 11.3. The average molecular weight is 343 g/mol. The summed E-state index contributed by atoms with van der Waals surface area (Å²) >= 11 is 0. The number of hydrogen-bond acceptors (Lipinski definition) is 4. The number of anilines is 1. The van der Waals surface area contributed by atoms with Crippen molar-refractivity contribution in [3.8, 4) is 0 Å². The van der Waals surface area contributed by atoms with Gasteiger partial charge in [-0.25, -0.2) is 0 Å². The standard InChI is InChI=1S/C13H13NO6S2/c15-21(16,17)14(22(18,19)20)13-9-5-4-8-12(13)10-11-6-2-1-3-7-11/h1-9H,10H2,(H,15,16,17)(H,18,19,20). The molecular weight excluding hydrogens is 330 g/mol. The first-order valence-corrected chi connectivity index (χ1v) is 8.86. The van der Waals surface area contributed by atoms with E-state index in [1.54, 1.807) is 36.4 Å². The molecule has 0 aliphatic heterocycles. The van der Waals surface area contributed by atoms with Crippen molar-refractivity contribution < 1.29 is 25.9 Å². The molecule has 22 heavy (non-hydrogen) atoms. The van der Waals surface area contributed by atoms with Crippen molar-refractivity contribution >= 4 is 26.3 Å². The van der Waals surface area contributed by atoms with E-state index in [-0.39, 0.29) is 12.1 Å². The van der Waals surface area contributed by atoms with Crippen molar-refractivity contribution in [3.63, 3.8) is 0 Å². The van der Waals surface area contributed by atoms with Gasteiger partial charge in [-0.05, 0) is 23.6 Å². The molecule has 2 rings (SSSR count). The number of hydrogen-bond donors (Lipinski definition) is 2. The Labute approximate surface area is 128 Å². The first kappa shape index (κ1) is 16.4. The van der Waals surface area contributed by atoms with Gasteiger partial charge in [-0.1, -0.05) is 48.5 Å². The molecule has 0 amide bonds. The molecule has 0 fully saturated rings. The average Bonchev–Trinajstić information content (AvgIpc) is 2.39. The summed E-state index contributed by atoms with van der Waals surface area (Å²) in [4.78, 5) is 0. The molecule has 0 aliphatic carbocycles. The van der Waals surface area contributed by atoms with Crippen LogP contribution in [0, 0.1) is 0 Å². The molecule has 0 atom stereocenters. The monoisotopic (exact) mass is 343 g/mol. The van der Waals surface area contributed by atoms with Crippen LogP contribution in [-0.4, -0.2) is 25.9 Å². The summed E-state index contributed by atoms with van der Waals surface area (Å²) in [6.45, 7) is 0. The highest BCUT2D eigenvalue weighted by atomic mass is 32.3. The summed E-state index contributed by atoms with van der Waals surface area (Å²) in [7, 11) is -10.4. The van der Waals surface area contributed by atoms with Crippen LogP contribution in [0.15, 0.2) is 54.6 Å². The maximum atomic E-state index is 11.3. The molecule has 2 aromatic carbocycles. The van der Waals surface area contributed by atoms with E-state index in [1.807, 2.05) is 0 Å². The van der Waals surface area contributed by atoms with E-state index in [0.29, 0.717) is 5.56 Å². The van der Waals surface area contributed by atoms with Crippen molar-refractivity contribution in [3.05, 3.63) is 65.7 Å². The topological polar surface area (TPSA) is 112 Å².